The van der Waals surface area contributed by atoms with Crippen molar-refractivity contribution in [3.63, 3.8) is 0 Å². The lowest BCUT2D eigenvalue weighted by molar-refractivity contribution is 0.450. The highest BCUT2D eigenvalue weighted by molar-refractivity contribution is 8.13. The molecule has 0 aliphatic carbocycles. The lowest BCUT2D eigenvalue weighted by Crippen LogP contribution is -1.95. The second-order valence-corrected chi connectivity index (χ2v) is 6.02. The van der Waals surface area contributed by atoms with Gasteiger partial charge in [0.05, 0.1) is 11.4 Å². The highest BCUT2D eigenvalue weighted by atomic mass is 35.7. The van der Waals surface area contributed by atoms with Crippen LogP contribution in [0.3, 0.4) is 0 Å². The van der Waals surface area contributed by atoms with Gasteiger partial charge < -0.3 is 4.52 Å². The van der Waals surface area contributed by atoms with Gasteiger partial charge in [-0.2, -0.15) is 0 Å². The molecule has 0 aliphatic heterocycles. The zero-order valence-corrected chi connectivity index (χ0v) is 9.47. The summed E-state index contributed by atoms with van der Waals surface area (Å²) in [5.74, 6) is -0.214. The van der Waals surface area contributed by atoms with E-state index in [0.29, 0.717) is 16.8 Å². The highest BCUT2D eigenvalue weighted by Gasteiger charge is 2.14. The van der Waals surface area contributed by atoms with E-state index in [4.69, 9.17) is 15.2 Å². The Morgan fingerprint density at radius 3 is 2.87 bits per heavy atom. The van der Waals surface area contributed by atoms with Crippen molar-refractivity contribution >= 4 is 30.7 Å². The standard InChI is InChI=1S/C9H8ClNO3S/c1-6-9-7(5-15(10,12)13)3-2-4-8(9)14-11-6/h2-4H,5H2,1H3. The van der Waals surface area contributed by atoms with Crippen LogP contribution in [0.1, 0.15) is 11.3 Å². The fourth-order valence-corrected chi connectivity index (χ4v) is 2.50. The van der Waals surface area contributed by atoms with E-state index in [1.807, 2.05) is 0 Å². The molecule has 80 valence electrons. The second-order valence-electron chi connectivity index (χ2n) is 3.24. The third-order valence-electron chi connectivity index (χ3n) is 2.08. The maximum atomic E-state index is 11.0. The van der Waals surface area contributed by atoms with Crippen molar-refractivity contribution < 1.29 is 12.9 Å². The van der Waals surface area contributed by atoms with Crippen LogP contribution in [0.25, 0.3) is 11.0 Å². The van der Waals surface area contributed by atoms with Crippen LogP contribution in [0.4, 0.5) is 0 Å². The van der Waals surface area contributed by atoms with Crippen molar-refractivity contribution in [3.8, 4) is 0 Å². The molecule has 1 aromatic heterocycles. The Balaban J connectivity index is 2.65. The van der Waals surface area contributed by atoms with E-state index in [1.165, 1.54) is 0 Å². The van der Waals surface area contributed by atoms with Gasteiger partial charge >= 0.3 is 0 Å². The molecule has 0 radical (unpaired) electrons. The third kappa shape index (κ3) is 2.13. The number of rotatable bonds is 2. The number of nitrogens with zero attached hydrogens (tertiary/aromatic N) is 1. The maximum absolute atomic E-state index is 11.0. The maximum Gasteiger partial charge on any atom is 0.236 e. The van der Waals surface area contributed by atoms with Crippen molar-refractivity contribution in [1.29, 1.82) is 0 Å². The van der Waals surface area contributed by atoms with Gasteiger partial charge in [-0.1, -0.05) is 17.3 Å². The Morgan fingerprint density at radius 2 is 2.20 bits per heavy atom. The molecule has 0 bridgehead atoms. The van der Waals surface area contributed by atoms with E-state index < -0.39 is 9.05 Å². The summed E-state index contributed by atoms with van der Waals surface area (Å²) in [6, 6.07) is 5.15. The van der Waals surface area contributed by atoms with Crippen LogP contribution < -0.4 is 0 Å². The number of hydrogen-bond donors (Lipinski definition) is 0. The second kappa shape index (κ2) is 3.50. The van der Waals surface area contributed by atoms with E-state index in [-0.39, 0.29) is 5.75 Å². The molecule has 15 heavy (non-hydrogen) atoms. The zero-order valence-electron chi connectivity index (χ0n) is 7.90. The summed E-state index contributed by atoms with van der Waals surface area (Å²) in [5, 5.41) is 4.50. The van der Waals surface area contributed by atoms with E-state index in [1.54, 1.807) is 25.1 Å². The first-order chi connectivity index (χ1) is 6.97. The van der Waals surface area contributed by atoms with E-state index >= 15 is 0 Å². The molecule has 0 atom stereocenters. The molecule has 0 spiro atoms. The molecule has 2 aromatic rings. The first kappa shape index (κ1) is 10.4. The lowest BCUT2D eigenvalue weighted by atomic mass is 10.1. The molecule has 0 saturated heterocycles. The quantitative estimate of drug-likeness (QED) is 0.761. The molecule has 1 heterocycles. The summed E-state index contributed by atoms with van der Waals surface area (Å²) in [7, 11) is 1.65. The lowest BCUT2D eigenvalue weighted by Gasteiger charge is -1.99. The van der Waals surface area contributed by atoms with Gasteiger partial charge in [0, 0.05) is 16.1 Å². The van der Waals surface area contributed by atoms with Gasteiger partial charge in [0.25, 0.3) is 0 Å². The summed E-state index contributed by atoms with van der Waals surface area (Å²) < 4.78 is 27.0. The number of aryl methyl sites for hydroxylation is 1. The Morgan fingerprint density at radius 1 is 1.47 bits per heavy atom. The van der Waals surface area contributed by atoms with Gasteiger partial charge in [-0.05, 0) is 18.6 Å². The van der Waals surface area contributed by atoms with E-state index in [9.17, 15) is 8.42 Å². The third-order valence-corrected chi connectivity index (χ3v) is 3.07. The molecular weight excluding hydrogens is 238 g/mol. The first-order valence-electron chi connectivity index (χ1n) is 4.23. The highest BCUT2D eigenvalue weighted by Crippen LogP contribution is 2.24. The van der Waals surface area contributed by atoms with Crippen LogP contribution in [0.15, 0.2) is 22.7 Å². The summed E-state index contributed by atoms with van der Waals surface area (Å²) in [6.45, 7) is 1.76. The number of aromatic nitrogens is 1. The Labute approximate surface area is 91.2 Å². The molecule has 2 rings (SSSR count). The largest absolute Gasteiger partial charge is 0.356 e. The smallest absolute Gasteiger partial charge is 0.236 e. The van der Waals surface area contributed by atoms with Gasteiger partial charge in [-0.25, -0.2) is 8.42 Å². The van der Waals surface area contributed by atoms with Crippen LogP contribution >= 0.6 is 10.7 Å². The Hall–Kier alpha value is -1.07. The Kier molecular flexibility index (Phi) is 2.44. The topological polar surface area (TPSA) is 60.2 Å². The monoisotopic (exact) mass is 245 g/mol. The van der Waals surface area contributed by atoms with Crippen LogP contribution in [-0.4, -0.2) is 13.6 Å². The van der Waals surface area contributed by atoms with E-state index in [2.05, 4.69) is 5.16 Å². The summed E-state index contributed by atoms with van der Waals surface area (Å²) in [4.78, 5) is 0. The number of hydrogen-bond acceptors (Lipinski definition) is 4. The van der Waals surface area contributed by atoms with Crippen molar-refractivity contribution in [2.24, 2.45) is 0 Å². The molecule has 0 saturated carbocycles. The fraction of sp³-hybridized carbons (Fsp3) is 0.222. The first-order valence-corrected chi connectivity index (χ1v) is 6.71. The molecule has 0 amide bonds. The van der Waals surface area contributed by atoms with Gasteiger partial charge in [0.2, 0.25) is 9.05 Å². The summed E-state index contributed by atoms with van der Waals surface area (Å²) in [5.41, 5.74) is 1.85. The predicted octanol–water partition coefficient (Wildman–Crippen LogP) is 2.20. The molecule has 0 aliphatic rings. The van der Waals surface area contributed by atoms with E-state index in [0.717, 1.165) is 5.39 Å². The minimum atomic E-state index is -3.56. The predicted molar refractivity (Wildman–Crippen MR) is 57.2 cm³/mol. The number of fused-ring (bicyclic) bond motifs is 1. The molecule has 0 fully saturated rings. The van der Waals surface area contributed by atoms with Crippen molar-refractivity contribution in [2.45, 2.75) is 12.7 Å². The molecule has 0 unspecified atom stereocenters. The van der Waals surface area contributed by atoms with Gasteiger partial charge in [0.15, 0.2) is 5.58 Å². The van der Waals surface area contributed by atoms with Crippen molar-refractivity contribution in [3.05, 3.63) is 29.5 Å². The van der Waals surface area contributed by atoms with Gasteiger partial charge in [-0.3, -0.25) is 0 Å². The molecular formula is C9H8ClNO3S. The average Bonchev–Trinajstić information content (AvgIpc) is 2.46. The Bertz CT molecular complexity index is 603. The molecule has 6 heteroatoms. The SMILES string of the molecule is Cc1noc2cccc(CS(=O)(=O)Cl)c12. The van der Waals surface area contributed by atoms with Crippen LogP contribution in [0.5, 0.6) is 0 Å². The molecule has 4 nitrogen and oxygen atoms in total. The minimum absolute atomic E-state index is 0.214. The van der Waals surface area contributed by atoms with Crippen molar-refractivity contribution in [1.82, 2.24) is 5.16 Å². The van der Waals surface area contributed by atoms with Crippen molar-refractivity contribution in [2.75, 3.05) is 0 Å². The zero-order chi connectivity index (χ0) is 11.1. The summed E-state index contributed by atoms with van der Waals surface area (Å²) in [6.07, 6.45) is 0. The normalized spacial score (nSPS) is 12.1. The van der Waals surface area contributed by atoms with Gasteiger partial charge in [0.1, 0.15) is 0 Å². The molecule has 1 aromatic carbocycles. The van der Waals surface area contributed by atoms with Crippen LogP contribution in [0, 0.1) is 6.92 Å². The fourth-order valence-electron chi connectivity index (χ4n) is 1.53. The van der Waals surface area contributed by atoms with Crippen LogP contribution in [-0.2, 0) is 14.8 Å². The average molecular weight is 246 g/mol. The molecule has 0 N–H and O–H groups in total. The van der Waals surface area contributed by atoms with Gasteiger partial charge in [-0.15, -0.1) is 0 Å². The number of benzene rings is 1. The van der Waals surface area contributed by atoms with Crippen LogP contribution in [0.2, 0.25) is 0 Å². The minimum Gasteiger partial charge on any atom is -0.356 e. The number of halogens is 1. The summed E-state index contributed by atoms with van der Waals surface area (Å²) >= 11 is 0.